The largest absolute Gasteiger partial charge is 0.353 e. The van der Waals surface area contributed by atoms with Crippen molar-refractivity contribution in [3.05, 3.63) is 42.2 Å². The highest BCUT2D eigenvalue weighted by Gasteiger charge is 2.07. The zero-order valence-electron chi connectivity index (χ0n) is 9.03. The van der Waals surface area contributed by atoms with Gasteiger partial charge in [0.05, 0.1) is 11.2 Å². The van der Waals surface area contributed by atoms with Crippen LogP contribution >= 0.6 is 11.8 Å². The maximum atomic E-state index is 4.44. The number of nitrogens with one attached hydrogen (secondary N) is 1. The number of nitrogens with zero attached hydrogens (tertiary/aromatic N) is 1. The molecule has 2 aromatic heterocycles. The van der Waals surface area contributed by atoms with E-state index in [0.29, 0.717) is 0 Å². The van der Waals surface area contributed by atoms with Crippen molar-refractivity contribution in [3.8, 4) is 0 Å². The molecule has 0 aliphatic heterocycles. The molecular weight excluding hydrogens is 216 g/mol. The van der Waals surface area contributed by atoms with E-state index in [1.807, 2.05) is 6.20 Å². The second kappa shape index (κ2) is 3.83. The Morgan fingerprint density at radius 1 is 1.19 bits per heavy atom. The van der Waals surface area contributed by atoms with Crippen molar-refractivity contribution in [1.82, 2.24) is 9.97 Å². The van der Waals surface area contributed by atoms with Crippen LogP contribution in [0.25, 0.3) is 21.8 Å². The minimum absolute atomic E-state index is 0.949. The molecule has 0 amide bonds. The molecule has 0 atom stereocenters. The molecule has 0 unspecified atom stereocenters. The summed E-state index contributed by atoms with van der Waals surface area (Å²) in [6.45, 7) is 0. The molecule has 0 saturated heterocycles. The lowest BCUT2D eigenvalue weighted by molar-refractivity contribution is 1.20. The van der Waals surface area contributed by atoms with Gasteiger partial charge in [-0.3, -0.25) is 4.98 Å². The van der Waals surface area contributed by atoms with Crippen LogP contribution < -0.4 is 0 Å². The van der Waals surface area contributed by atoms with Crippen molar-refractivity contribution < 1.29 is 0 Å². The molecule has 3 rings (SSSR count). The van der Waals surface area contributed by atoms with Crippen LogP contribution in [0.4, 0.5) is 0 Å². The molecule has 2 nitrogen and oxygen atoms in total. The number of para-hydroxylation sites is 1. The Morgan fingerprint density at radius 2 is 2.06 bits per heavy atom. The lowest BCUT2D eigenvalue weighted by atomic mass is 10.2. The van der Waals surface area contributed by atoms with E-state index in [-0.39, 0.29) is 0 Å². The molecule has 2 heterocycles. The monoisotopic (exact) mass is 228 g/mol. The molecule has 0 aliphatic carbocycles. The van der Waals surface area contributed by atoms with E-state index in [4.69, 9.17) is 0 Å². The summed E-state index contributed by atoms with van der Waals surface area (Å²) in [5, 5.41) is 2.55. The van der Waals surface area contributed by atoms with Gasteiger partial charge in [-0.2, -0.15) is 11.8 Å². The number of aromatic amines is 1. The van der Waals surface area contributed by atoms with Crippen molar-refractivity contribution in [2.75, 3.05) is 6.26 Å². The van der Waals surface area contributed by atoms with Gasteiger partial charge in [0.2, 0.25) is 0 Å². The van der Waals surface area contributed by atoms with Gasteiger partial charge in [-0.1, -0.05) is 18.2 Å². The van der Waals surface area contributed by atoms with E-state index in [9.17, 15) is 0 Å². The van der Waals surface area contributed by atoms with Crippen LogP contribution in [0.2, 0.25) is 0 Å². The van der Waals surface area contributed by atoms with Gasteiger partial charge >= 0.3 is 0 Å². The van der Waals surface area contributed by atoms with Crippen LogP contribution in [0.15, 0.2) is 36.5 Å². The molecule has 3 heteroatoms. The van der Waals surface area contributed by atoms with Crippen molar-refractivity contribution in [2.24, 2.45) is 0 Å². The van der Waals surface area contributed by atoms with Crippen LogP contribution in [-0.2, 0) is 5.75 Å². The number of aromatic nitrogens is 2. The van der Waals surface area contributed by atoms with Gasteiger partial charge in [0.15, 0.2) is 0 Å². The summed E-state index contributed by atoms with van der Waals surface area (Å²) in [6, 6.07) is 10.5. The first-order valence-corrected chi connectivity index (χ1v) is 6.63. The van der Waals surface area contributed by atoms with Gasteiger partial charge in [0.1, 0.15) is 0 Å². The summed E-state index contributed by atoms with van der Waals surface area (Å²) in [4.78, 5) is 7.90. The third kappa shape index (κ3) is 1.39. The summed E-state index contributed by atoms with van der Waals surface area (Å²) < 4.78 is 0. The fourth-order valence-corrected chi connectivity index (χ4v) is 2.57. The number of benzene rings is 1. The van der Waals surface area contributed by atoms with Crippen molar-refractivity contribution in [1.29, 1.82) is 0 Å². The molecule has 16 heavy (non-hydrogen) atoms. The average Bonchev–Trinajstić information content (AvgIpc) is 2.69. The highest BCUT2D eigenvalue weighted by molar-refractivity contribution is 7.97. The van der Waals surface area contributed by atoms with Gasteiger partial charge in [-0.15, -0.1) is 0 Å². The molecule has 80 valence electrons. The van der Waals surface area contributed by atoms with E-state index < -0.39 is 0 Å². The summed E-state index contributed by atoms with van der Waals surface area (Å²) in [7, 11) is 0. The molecule has 3 aromatic rings. The molecule has 0 spiro atoms. The average molecular weight is 228 g/mol. The number of thioether (sulfide) groups is 1. The Kier molecular flexibility index (Phi) is 2.33. The number of hydrogen-bond acceptors (Lipinski definition) is 2. The van der Waals surface area contributed by atoms with Gasteiger partial charge in [0, 0.05) is 28.2 Å². The zero-order chi connectivity index (χ0) is 11.0. The third-order valence-electron chi connectivity index (χ3n) is 2.79. The minimum atomic E-state index is 0.949. The highest BCUT2D eigenvalue weighted by atomic mass is 32.2. The van der Waals surface area contributed by atoms with Crippen LogP contribution in [0.3, 0.4) is 0 Å². The van der Waals surface area contributed by atoms with Gasteiger partial charge in [-0.05, 0) is 18.4 Å². The minimum Gasteiger partial charge on any atom is -0.353 e. The molecule has 0 fully saturated rings. The van der Waals surface area contributed by atoms with Crippen LogP contribution in [-0.4, -0.2) is 16.2 Å². The van der Waals surface area contributed by atoms with E-state index in [1.54, 1.807) is 11.8 Å². The molecule has 0 radical (unpaired) electrons. The Morgan fingerprint density at radius 3 is 2.94 bits per heavy atom. The third-order valence-corrected chi connectivity index (χ3v) is 3.35. The number of rotatable bonds is 2. The predicted molar refractivity (Wildman–Crippen MR) is 70.8 cm³/mol. The lowest BCUT2D eigenvalue weighted by Crippen LogP contribution is -1.87. The standard InChI is InChI=1S/C13H12N2S/c1-16-8-12-13-10(6-7-14-12)9-4-2-3-5-11(9)15-13/h2-7,15H,8H2,1H3. The van der Waals surface area contributed by atoms with Crippen LogP contribution in [0.5, 0.6) is 0 Å². The Labute approximate surface area is 98.1 Å². The van der Waals surface area contributed by atoms with Crippen LogP contribution in [0, 0.1) is 0 Å². The Balaban J connectivity index is 2.39. The summed E-state index contributed by atoms with van der Waals surface area (Å²) >= 11 is 1.80. The quantitative estimate of drug-likeness (QED) is 0.726. The smallest absolute Gasteiger partial charge is 0.0743 e. The first kappa shape index (κ1) is 9.73. The molecule has 0 aliphatic rings. The van der Waals surface area contributed by atoms with Gasteiger partial charge in [-0.25, -0.2) is 0 Å². The molecule has 1 N–H and O–H groups in total. The Hall–Kier alpha value is -1.48. The van der Waals surface area contributed by atoms with E-state index in [0.717, 1.165) is 11.4 Å². The Bertz CT molecular complexity index is 643. The van der Waals surface area contributed by atoms with Gasteiger partial charge in [0.25, 0.3) is 0 Å². The van der Waals surface area contributed by atoms with Gasteiger partial charge < -0.3 is 4.98 Å². The first-order valence-electron chi connectivity index (χ1n) is 5.23. The number of fused-ring (bicyclic) bond motifs is 3. The molecule has 0 bridgehead atoms. The van der Waals surface area contributed by atoms with Crippen molar-refractivity contribution >= 4 is 33.6 Å². The predicted octanol–water partition coefficient (Wildman–Crippen LogP) is 3.58. The fraction of sp³-hybridized carbons (Fsp3) is 0.154. The van der Waals surface area contributed by atoms with Crippen molar-refractivity contribution in [2.45, 2.75) is 5.75 Å². The maximum Gasteiger partial charge on any atom is 0.0743 e. The van der Waals surface area contributed by atoms with Crippen LogP contribution in [0.1, 0.15) is 5.69 Å². The molecular formula is C13H12N2S. The highest BCUT2D eigenvalue weighted by Crippen LogP contribution is 2.27. The van der Waals surface area contributed by atoms with E-state index in [1.165, 1.54) is 21.8 Å². The summed E-state index contributed by atoms with van der Waals surface area (Å²) in [6.07, 6.45) is 4.00. The van der Waals surface area contributed by atoms with E-state index >= 15 is 0 Å². The van der Waals surface area contributed by atoms with E-state index in [2.05, 4.69) is 46.6 Å². The van der Waals surface area contributed by atoms with Crippen molar-refractivity contribution in [3.63, 3.8) is 0 Å². The second-order valence-electron chi connectivity index (χ2n) is 3.78. The summed E-state index contributed by atoms with van der Waals surface area (Å²) in [5.74, 6) is 0.949. The fourth-order valence-electron chi connectivity index (χ4n) is 2.08. The number of H-pyrrole nitrogens is 1. The first-order chi connectivity index (χ1) is 7.90. The SMILES string of the molecule is CSCc1nccc2c1[nH]c1ccccc12. The normalized spacial score (nSPS) is 11.3. The molecule has 0 saturated carbocycles. The maximum absolute atomic E-state index is 4.44. The number of hydrogen-bond donors (Lipinski definition) is 1. The summed E-state index contributed by atoms with van der Waals surface area (Å²) in [5.41, 5.74) is 3.51. The second-order valence-corrected chi connectivity index (χ2v) is 4.65. The number of pyridine rings is 1. The molecule has 1 aromatic carbocycles. The lowest BCUT2D eigenvalue weighted by Gasteiger charge is -1.98. The topological polar surface area (TPSA) is 28.7 Å². The zero-order valence-corrected chi connectivity index (χ0v) is 9.84.